The largest absolute Gasteiger partial charge is 0.456 e. The standard InChI is InChI=1S/C51H30N2O2/c1-2-9-38(10-3-1)53-44-13-7-6-12-41(44)42-29-35(21-24-45(42)53)31-14-17-33(18-15-31)51-52-50-48(55-51)27-26-47-49(50)43-30-36(22-25-46(43)54-47)34-20-23-40-37(28-34)19-16-32-8-4-5-11-39(32)40/h1-30H. The molecule has 0 saturated carbocycles. The number of fused-ring (bicyclic) bond motifs is 11. The van der Waals surface area contributed by atoms with Crippen LogP contribution >= 0.6 is 0 Å². The third-order valence-corrected chi connectivity index (χ3v) is 11.2. The molecular formula is C51H30N2O2. The van der Waals surface area contributed by atoms with Crippen LogP contribution < -0.4 is 0 Å². The first-order valence-corrected chi connectivity index (χ1v) is 18.6. The van der Waals surface area contributed by atoms with Crippen molar-refractivity contribution in [3.8, 4) is 39.4 Å². The van der Waals surface area contributed by atoms with E-state index in [0.717, 1.165) is 66.5 Å². The van der Waals surface area contributed by atoms with Crippen LogP contribution in [-0.4, -0.2) is 9.55 Å². The van der Waals surface area contributed by atoms with Crippen LogP contribution in [0.1, 0.15) is 0 Å². The minimum absolute atomic E-state index is 0.586. The molecule has 0 unspecified atom stereocenters. The highest BCUT2D eigenvalue weighted by Crippen LogP contribution is 2.40. The summed E-state index contributed by atoms with van der Waals surface area (Å²) < 4.78 is 15.1. The molecule has 0 aliphatic rings. The fraction of sp³-hybridized carbons (Fsp3) is 0. The average Bonchev–Trinajstić information content (AvgIpc) is 3.95. The minimum Gasteiger partial charge on any atom is -0.456 e. The van der Waals surface area contributed by atoms with E-state index in [1.54, 1.807) is 0 Å². The van der Waals surface area contributed by atoms with E-state index in [9.17, 15) is 0 Å². The van der Waals surface area contributed by atoms with E-state index in [2.05, 4.69) is 174 Å². The van der Waals surface area contributed by atoms with Crippen LogP contribution in [-0.2, 0) is 0 Å². The molecule has 256 valence electrons. The Morgan fingerprint density at radius 2 is 0.982 bits per heavy atom. The van der Waals surface area contributed by atoms with Gasteiger partial charge >= 0.3 is 0 Å². The Balaban J connectivity index is 0.917. The van der Waals surface area contributed by atoms with Crippen molar-refractivity contribution in [2.24, 2.45) is 0 Å². The molecule has 0 spiro atoms. The van der Waals surface area contributed by atoms with Crippen LogP contribution in [0.4, 0.5) is 0 Å². The molecule has 0 saturated heterocycles. The molecule has 3 heterocycles. The van der Waals surface area contributed by atoms with Crippen molar-refractivity contribution >= 4 is 76.4 Å². The molecule has 0 fully saturated rings. The first kappa shape index (κ1) is 30.1. The highest BCUT2D eigenvalue weighted by atomic mass is 16.4. The van der Waals surface area contributed by atoms with Gasteiger partial charge < -0.3 is 13.4 Å². The Labute approximate surface area is 315 Å². The maximum atomic E-state index is 6.42. The Morgan fingerprint density at radius 1 is 0.364 bits per heavy atom. The number of hydrogen-bond acceptors (Lipinski definition) is 3. The molecule has 9 aromatic carbocycles. The average molecular weight is 703 g/mol. The first-order valence-electron chi connectivity index (χ1n) is 18.6. The summed E-state index contributed by atoms with van der Waals surface area (Å²) in [6.45, 7) is 0. The lowest BCUT2D eigenvalue weighted by Crippen LogP contribution is -1.92. The molecule has 12 aromatic rings. The number of nitrogens with zero attached hydrogens (tertiary/aromatic N) is 2. The lowest BCUT2D eigenvalue weighted by atomic mass is 9.96. The Morgan fingerprint density at radius 3 is 1.89 bits per heavy atom. The van der Waals surface area contributed by atoms with Gasteiger partial charge in [0.2, 0.25) is 5.89 Å². The van der Waals surface area contributed by atoms with Crippen molar-refractivity contribution in [1.29, 1.82) is 0 Å². The van der Waals surface area contributed by atoms with Gasteiger partial charge in [-0.1, -0.05) is 109 Å². The van der Waals surface area contributed by atoms with Gasteiger partial charge in [0.1, 0.15) is 16.7 Å². The third kappa shape index (κ3) is 4.62. The predicted molar refractivity (Wildman–Crippen MR) is 227 cm³/mol. The van der Waals surface area contributed by atoms with Crippen LogP contribution in [0.5, 0.6) is 0 Å². The number of hydrogen-bond donors (Lipinski definition) is 0. The minimum atomic E-state index is 0.586. The van der Waals surface area contributed by atoms with Gasteiger partial charge in [0.15, 0.2) is 5.58 Å². The first-order chi connectivity index (χ1) is 27.2. The van der Waals surface area contributed by atoms with E-state index in [4.69, 9.17) is 13.8 Å². The quantitative estimate of drug-likeness (QED) is 0.172. The number of rotatable bonds is 4. The SMILES string of the molecule is c1ccc(-n2c3ccccc3c3cc(-c4ccc(-c5nc6c(ccc7oc8ccc(-c9ccc%10c(ccc%11ccccc%11%10)c9)cc8c76)o5)cc4)ccc32)cc1. The van der Waals surface area contributed by atoms with Crippen molar-refractivity contribution in [2.45, 2.75) is 0 Å². The fourth-order valence-electron chi connectivity index (χ4n) is 8.56. The summed E-state index contributed by atoms with van der Waals surface area (Å²) in [6, 6.07) is 64.5. The molecule has 0 aliphatic carbocycles. The Hall–Kier alpha value is -7.43. The summed E-state index contributed by atoms with van der Waals surface area (Å²) in [6.07, 6.45) is 0. The molecule has 0 atom stereocenters. The molecule has 4 heteroatoms. The monoisotopic (exact) mass is 702 g/mol. The summed E-state index contributed by atoms with van der Waals surface area (Å²) in [5, 5.41) is 9.46. The molecule has 55 heavy (non-hydrogen) atoms. The Bertz CT molecular complexity index is 3480. The van der Waals surface area contributed by atoms with Gasteiger partial charge in [0, 0.05) is 27.4 Å². The number of oxazole rings is 1. The topological polar surface area (TPSA) is 44.1 Å². The normalized spacial score (nSPS) is 12.0. The van der Waals surface area contributed by atoms with Crippen LogP contribution in [0.2, 0.25) is 0 Å². The smallest absolute Gasteiger partial charge is 0.227 e. The van der Waals surface area contributed by atoms with E-state index in [0.29, 0.717) is 5.89 Å². The van der Waals surface area contributed by atoms with Gasteiger partial charge in [-0.3, -0.25) is 0 Å². The van der Waals surface area contributed by atoms with Gasteiger partial charge in [-0.05, 0) is 117 Å². The van der Waals surface area contributed by atoms with Crippen LogP contribution in [0.25, 0.3) is 116 Å². The number of aromatic nitrogens is 2. The molecule has 0 N–H and O–H groups in total. The second-order valence-electron chi connectivity index (χ2n) is 14.3. The van der Waals surface area contributed by atoms with E-state index in [-0.39, 0.29) is 0 Å². The van der Waals surface area contributed by atoms with Gasteiger partial charge in [0.25, 0.3) is 0 Å². The molecule has 0 radical (unpaired) electrons. The Kier molecular flexibility index (Phi) is 6.31. The molecule has 0 bridgehead atoms. The summed E-state index contributed by atoms with van der Waals surface area (Å²) in [7, 11) is 0. The summed E-state index contributed by atoms with van der Waals surface area (Å²) >= 11 is 0. The lowest BCUT2D eigenvalue weighted by molar-refractivity contribution is 0.619. The molecule has 0 aliphatic heterocycles. The van der Waals surface area contributed by atoms with Crippen molar-refractivity contribution in [3.05, 3.63) is 182 Å². The maximum Gasteiger partial charge on any atom is 0.227 e. The highest BCUT2D eigenvalue weighted by Gasteiger charge is 2.18. The zero-order chi connectivity index (χ0) is 36.0. The fourth-order valence-corrected chi connectivity index (χ4v) is 8.56. The van der Waals surface area contributed by atoms with E-state index in [1.807, 2.05) is 12.1 Å². The van der Waals surface area contributed by atoms with Crippen LogP contribution in [0.15, 0.2) is 191 Å². The van der Waals surface area contributed by atoms with Gasteiger partial charge in [-0.2, -0.15) is 0 Å². The zero-order valence-corrected chi connectivity index (χ0v) is 29.5. The summed E-state index contributed by atoms with van der Waals surface area (Å²) in [5.41, 5.74) is 12.2. The molecule has 3 aromatic heterocycles. The second-order valence-corrected chi connectivity index (χ2v) is 14.3. The van der Waals surface area contributed by atoms with Crippen LogP contribution in [0, 0.1) is 0 Å². The predicted octanol–water partition coefficient (Wildman–Crippen LogP) is 14.1. The summed E-state index contributed by atoms with van der Waals surface area (Å²) in [5.74, 6) is 0.586. The highest BCUT2D eigenvalue weighted by molar-refractivity contribution is 6.18. The van der Waals surface area contributed by atoms with Crippen molar-refractivity contribution < 1.29 is 8.83 Å². The van der Waals surface area contributed by atoms with Crippen molar-refractivity contribution in [3.63, 3.8) is 0 Å². The van der Waals surface area contributed by atoms with E-state index >= 15 is 0 Å². The maximum absolute atomic E-state index is 6.42. The number of furan rings is 1. The van der Waals surface area contributed by atoms with Gasteiger partial charge in [-0.25, -0.2) is 4.98 Å². The summed E-state index contributed by atoms with van der Waals surface area (Å²) in [4.78, 5) is 5.09. The van der Waals surface area contributed by atoms with E-state index in [1.165, 1.54) is 43.4 Å². The number of benzene rings is 9. The van der Waals surface area contributed by atoms with E-state index < -0.39 is 0 Å². The molecule has 4 nitrogen and oxygen atoms in total. The van der Waals surface area contributed by atoms with Crippen molar-refractivity contribution in [2.75, 3.05) is 0 Å². The van der Waals surface area contributed by atoms with Crippen LogP contribution in [0.3, 0.4) is 0 Å². The van der Waals surface area contributed by atoms with Gasteiger partial charge in [-0.15, -0.1) is 0 Å². The van der Waals surface area contributed by atoms with Crippen molar-refractivity contribution in [1.82, 2.24) is 9.55 Å². The third-order valence-electron chi connectivity index (χ3n) is 11.2. The molecule has 0 amide bonds. The number of para-hydroxylation sites is 2. The molecule has 12 rings (SSSR count). The second kappa shape index (κ2) is 11.5. The lowest BCUT2D eigenvalue weighted by Gasteiger charge is -2.08. The van der Waals surface area contributed by atoms with Gasteiger partial charge in [0.05, 0.1) is 16.4 Å². The zero-order valence-electron chi connectivity index (χ0n) is 29.5. The molecular weight excluding hydrogens is 673 g/mol.